The fourth-order valence-corrected chi connectivity index (χ4v) is 3.35. The topological polar surface area (TPSA) is 63.5 Å². The minimum Gasteiger partial charge on any atom is -0.491 e. The van der Waals surface area contributed by atoms with Crippen molar-refractivity contribution < 1.29 is 9.13 Å². The monoisotopic (exact) mass is 369 g/mol. The fraction of sp³-hybridized carbons (Fsp3) is 0.400. The van der Waals surface area contributed by atoms with Crippen LogP contribution in [0.25, 0.3) is 17.0 Å². The highest BCUT2D eigenvalue weighted by Crippen LogP contribution is 2.25. The zero-order valence-electron chi connectivity index (χ0n) is 15.6. The van der Waals surface area contributed by atoms with E-state index < -0.39 is 0 Å². The maximum atomic E-state index is 14.3. The number of piperidine rings is 1. The van der Waals surface area contributed by atoms with Gasteiger partial charge in [-0.15, -0.1) is 0 Å². The largest absolute Gasteiger partial charge is 0.491 e. The number of aromatic nitrogens is 3. The van der Waals surface area contributed by atoms with Crippen molar-refractivity contribution in [2.75, 3.05) is 18.4 Å². The first-order valence-electron chi connectivity index (χ1n) is 9.38. The summed E-state index contributed by atoms with van der Waals surface area (Å²) >= 11 is 0. The second-order valence-corrected chi connectivity index (χ2v) is 7.12. The van der Waals surface area contributed by atoms with Crippen LogP contribution in [0, 0.1) is 5.82 Å². The number of ether oxygens (including phenoxy) is 1. The number of fused-ring (bicyclic) bond motifs is 1. The van der Waals surface area contributed by atoms with Gasteiger partial charge in [0.2, 0.25) is 0 Å². The number of nitrogens with one attached hydrogen (secondary N) is 2. The number of rotatable bonds is 5. The predicted molar refractivity (Wildman–Crippen MR) is 104 cm³/mol. The molecule has 142 valence electrons. The average molecular weight is 369 g/mol. The van der Waals surface area contributed by atoms with E-state index in [9.17, 15) is 4.39 Å². The zero-order chi connectivity index (χ0) is 18.8. The van der Waals surface area contributed by atoms with Gasteiger partial charge in [-0.05, 0) is 51.4 Å². The molecule has 1 fully saturated rings. The van der Waals surface area contributed by atoms with Crippen LogP contribution in [0.3, 0.4) is 0 Å². The molecule has 1 atom stereocenters. The Bertz CT molecular complexity index is 933. The number of pyridine rings is 2. The summed E-state index contributed by atoms with van der Waals surface area (Å²) < 4.78 is 21.9. The van der Waals surface area contributed by atoms with E-state index in [0.29, 0.717) is 5.69 Å². The summed E-state index contributed by atoms with van der Waals surface area (Å²) in [7, 11) is 0. The Balaban J connectivity index is 1.63. The molecule has 4 rings (SSSR count). The quantitative estimate of drug-likeness (QED) is 0.721. The Morgan fingerprint density at radius 3 is 3.00 bits per heavy atom. The van der Waals surface area contributed by atoms with E-state index >= 15 is 0 Å². The summed E-state index contributed by atoms with van der Waals surface area (Å²) in [5.41, 5.74) is 2.25. The van der Waals surface area contributed by atoms with Gasteiger partial charge in [-0.2, -0.15) is 0 Å². The van der Waals surface area contributed by atoms with Gasteiger partial charge in [0.05, 0.1) is 23.7 Å². The maximum Gasteiger partial charge on any atom is 0.165 e. The molecule has 2 N–H and O–H groups in total. The van der Waals surface area contributed by atoms with Gasteiger partial charge in [-0.25, -0.2) is 14.4 Å². The zero-order valence-corrected chi connectivity index (χ0v) is 15.6. The minimum absolute atomic E-state index is 0.101. The number of hydrogen-bond acceptors (Lipinski definition) is 5. The van der Waals surface area contributed by atoms with Crippen molar-refractivity contribution >= 4 is 11.5 Å². The van der Waals surface area contributed by atoms with Gasteiger partial charge in [0, 0.05) is 24.8 Å². The maximum absolute atomic E-state index is 14.3. The third kappa shape index (κ3) is 3.88. The summed E-state index contributed by atoms with van der Waals surface area (Å²) in [4.78, 5) is 8.97. The molecule has 0 saturated carbocycles. The highest BCUT2D eigenvalue weighted by molar-refractivity contribution is 5.63. The van der Waals surface area contributed by atoms with Crippen LogP contribution in [-0.2, 0) is 0 Å². The number of nitrogens with zero attached hydrogens (tertiary/aromatic N) is 3. The number of hydrogen-bond donors (Lipinski definition) is 2. The molecule has 4 heterocycles. The van der Waals surface area contributed by atoms with E-state index in [1.807, 2.05) is 36.6 Å². The Kier molecular flexibility index (Phi) is 4.94. The molecule has 7 heteroatoms. The number of imidazole rings is 1. The van der Waals surface area contributed by atoms with E-state index in [4.69, 9.17) is 4.74 Å². The first-order chi connectivity index (χ1) is 13.1. The van der Waals surface area contributed by atoms with E-state index in [1.165, 1.54) is 6.07 Å². The lowest BCUT2D eigenvalue weighted by molar-refractivity contribution is 0.242. The van der Waals surface area contributed by atoms with Crippen LogP contribution in [0.5, 0.6) is 5.75 Å². The van der Waals surface area contributed by atoms with Crippen molar-refractivity contribution in [2.24, 2.45) is 0 Å². The lowest BCUT2D eigenvalue weighted by atomic mass is 10.1. The smallest absolute Gasteiger partial charge is 0.165 e. The summed E-state index contributed by atoms with van der Waals surface area (Å²) in [5, 5.41) is 6.55. The standard InChI is InChI=1S/C20H24FN5O/c1-13(2)27-15-7-9-26-18(12-23-19(26)10-15)17-6-5-16(21)20(25-17)24-14-4-3-8-22-11-14/h5-7,9-10,12-14,22H,3-4,8,11H2,1-2H3,(H,24,25)/t14-/m1/s1. The lowest BCUT2D eigenvalue weighted by Gasteiger charge is -2.24. The van der Waals surface area contributed by atoms with Gasteiger partial charge in [0.15, 0.2) is 11.6 Å². The predicted octanol–water partition coefficient (Wildman–Crippen LogP) is 3.49. The van der Waals surface area contributed by atoms with Gasteiger partial charge in [0.1, 0.15) is 11.4 Å². The highest BCUT2D eigenvalue weighted by atomic mass is 19.1. The van der Waals surface area contributed by atoms with E-state index in [0.717, 1.165) is 43.0 Å². The molecule has 0 spiro atoms. The molecule has 27 heavy (non-hydrogen) atoms. The van der Waals surface area contributed by atoms with Gasteiger partial charge in [-0.3, -0.25) is 4.40 Å². The van der Waals surface area contributed by atoms with Crippen LogP contribution in [0.4, 0.5) is 10.2 Å². The summed E-state index contributed by atoms with van der Waals surface area (Å²) in [6.07, 6.45) is 5.84. The van der Waals surface area contributed by atoms with Crippen LogP contribution in [0.1, 0.15) is 26.7 Å². The van der Waals surface area contributed by atoms with Crippen molar-refractivity contribution in [1.29, 1.82) is 0 Å². The van der Waals surface area contributed by atoms with Crippen molar-refractivity contribution in [1.82, 2.24) is 19.7 Å². The summed E-state index contributed by atoms with van der Waals surface area (Å²) in [6, 6.07) is 7.11. The van der Waals surface area contributed by atoms with Crippen molar-refractivity contribution in [2.45, 2.75) is 38.8 Å². The van der Waals surface area contributed by atoms with Gasteiger partial charge >= 0.3 is 0 Å². The fourth-order valence-electron chi connectivity index (χ4n) is 3.35. The van der Waals surface area contributed by atoms with Crippen molar-refractivity contribution in [3.63, 3.8) is 0 Å². The minimum atomic E-state index is -0.342. The Hall–Kier alpha value is -2.67. The van der Waals surface area contributed by atoms with Gasteiger partial charge < -0.3 is 15.4 Å². The van der Waals surface area contributed by atoms with E-state index in [1.54, 1.807) is 12.3 Å². The Labute approximate surface area is 157 Å². The average Bonchev–Trinajstić information content (AvgIpc) is 3.07. The molecule has 0 aromatic carbocycles. The molecule has 0 radical (unpaired) electrons. The van der Waals surface area contributed by atoms with Gasteiger partial charge in [0.25, 0.3) is 0 Å². The highest BCUT2D eigenvalue weighted by Gasteiger charge is 2.17. The van der Waals surface area contributed by atoms with E-state index in [-0.39, 0.29) is 23.8 Å². The molecule has 0 aliphatic carbocycles. The molecule has 3 aromatic heterocycles. The van der Waals surface area contributed by atoms with Crippen LogP contribution >= 0.6 is 0 Å². The molecule has 0 amide bonds. The third-order valence-electron chi connectivity index (χ3n) is 4.60. The van der Waals surface area contributed by atoms with E-state index in [2.05, 4.69) is 20.6 Å². The molecule has 3 aromatic rings. The third-order valence-corrected chi connectivity index (χ3v) is 4.60. The molecular formula is C20H24FN5O. The van der Waals surface area contributed by atoms with Crippen molar-refractivity contribution in [3.8, 4) is 17.1 Å². The van der Waals surface area contributed by atoms with Crippen LogP contribution in [-0.4, -0.2) is 39.6 Å². The lowest BCUT2D eigenvalue weighted by Crippen LogP contribution is -2.38. The molecule has 0 bridgehead atoms. The SMILES string of the molecule is CC(C)Oc1ccn2c(-c3ccc(F)c(N[C@@H]4CCCNC4)n3)cnc2c1. The second kappa shape index (κ2) is 7.52. The number of anilines is 1. The second-order valence-electron chi connectivity index (χ2n) is 7.12. The van der Waals surface area contributed by atoms with Crippen LogP contribution in [0.15, 0.2) is 36.7 Å². The molecule has 1 aliphatic rings. The first kappa shape index (κ1) is 17.7. The number of halogens is 1. The molecular weight excluding hydrogens is 345 g/mol. The summed E-state index contributed by atoms with van der Waals surface area (Å²) in [6.45, 7) is 5.80. The molecule has 1 aliphatic heterocycles. The normalized spacial score (nSPS) is 17.4. The van der Waals surface area contributed by atoms with Crippen molar-refractivity contribution in [3.05, 3.63) is 42.5 Å². The molecule has 1 saturated heterocycles. The summed E-state index contributed by atoms with van der Waals surface area (Å²) in [5.74, 6) is 0.718. The molecule has 0 unspecified atom stereocenters. The van der Waals surface area contributed by atoms with Crippen LogP contribution in [0.2, 0.25) is 0 Å². The Morgan fingerprint density at radius 1 is 1.33 bits per heavy atom. The van der Waals surface area contributed by atoms with Gasteiger partial charge in [-0.1, -0.05) is 0 Å². The Morgan fingerprint density at radius 2 is 2.22 bits per heavy atom. The van der Waals surface area contributed by atoms with Crippen LogP contribution < -0.4 is 15.4 Å². The first-order valence-corrected chi connectivity index (χ1v) is 9.38. The molecule has 6 nitrogen and oxygen atoms in total.